The molecule has 0 fully saturated rings. The summed E-state index contributed by atoms with van der Waals surface area (Å²) in [5.74, 6) is -0.501. The SMILES string of the molecule is CC/C=C/C/C=C/C/C=C/CCCCCCC(=O)OC(CCCCCCCCCCC)CC(=O)NC(CO)C(O)CCCCCCCCCCC. The molecule has 0 saturated carbocycles. The molecule has 0 spiro atoms. The van der Waals surface area contributed by atoms with Crippen LogP contribution in [0, 0.1) is 0 Å². The Hall–Kier alpha value is -1.92. The third kappa shape index (κ3) is 34.9. The number of unbranched alkanes of at least 4 members (excludes halogenated alkanes) is 20. The van der Waals surface area contributed by atoms with Crippen molar-refractivity contribution in [2.45, 2.75) is 232 Å². The molecule has 3 atom stereocenters. The quantitative estimate of drug-likeness (QED) is 0.0336. The zero-order valence-electron chi connectivity index (χ0n) is 33.7. The van der Waals surface area contributed by atoms with Crippen LogP contribution < -0.4 is 5.32 Å². The van der Waals surface area contributed by atoms with E-state index in [2.05, 4.69) is 62.5 Å². The van der Waals surface area contributed by atoms with Gasteiger partial charge in [0.2, 0.25) is 5.91 Å². The van der Waals surface area contributed by atoms with Crippen LogP contribution >= 0.6 is 0 Å². The molecule has 298 valence electrons. The molecule has 0 aromatic heterocycles. The number of carbonyl (C=O) groups excluding carboxylic acids is 2. The maximum atomic E-state index is 13.1. The third-order valence-electron chi connectivity index (χ3n) is 9.73. The molecule has 3 N–H and O–H groups in total. The lowest BCUT2D eigenvalue weighted by molar-refractivity contribution is -0.151. The maximum Gasteiger partial charge on any atom is 0.306 e. The van der Waals surface area contributed by atoms with E-state index in [1.807, 2.05) is 0 Å². The van der Waals surface area contributed by atoms with Crippen molar-refractivity contribution in [3.05, 3.63) is 36.5 Å². The van der Waals surface area contributed by atoms with Gasteiger partial charge in [0.15, 0.2) is 0 Å². The van der Waals surface area contributed by atoms with E-state index in [9.17, 15) is 19.8 Å². The number of carbonyl (C=O) groups is 2. The lowest BCUT2D eigenvalue weighted by atomic mass is 10.0. The zero-order chi connectivity index (χ0) is 37.5. The second kappa shape index (κ2) is 39.3. The van der Waals surface area contributed by atoms with Crippen LogP contribution in [-0.2, 0) is 14.3 Å². The zero-order valence-corrected chi connectivity index (χ0v) is 33.7. The van der Waals surface area contributed by atoms with E-state index in [1.54, 1.807) is 0 Å². The van der Waals surface area contributed by atoms with Crippen LogP contribution in [0.1, 0.15) is 213 Å². The number of rotatable bonds is 38. The minimum Gasteiger partial charge on any atom is -0.462 e. The summed E-state index contributed by atoms with van der Waals surface area (Å²) in [6.07, 6.45) is 43.5. The predicted molar refractivity (Wildman–Crippen MR) is 218 cm³/mol. The van der Waals surface area contributed by atoms with Gasteiger partial charge in [0.25, 0.3) is 0 Å². The summed E-state index contributed by atoms with van der Waals surface area (Å²) >= 11 is 0. The normalized spacial score (nSPS) is 13.7. The first-order valence-corrected chi connectivity index (χ1v) is 21.7. The molecule has 0 aliphatic carbocycles. The number of allylic oxidation sites excluding steroid dienone is 6. The summed E-state index contributed by atoms with van der Waals surface area (Å²) in [5, 5.41) is 23.5. The molecule has 1 amide bonds. The Labute approximate surface area is 315 Å². The van der Waals surface area contributed by atoms with Crippen LogP contribution in [0.25, 0.3) is 0 Å². The van der Waals surface area contributed by atoms with Gasteiger partial charge in [-0.2, -0.15) is 0 Å². The number of nitrogens with one attached hydrogen (secondary N) is 1. The van der Waals surface area contributed by atoms with Crippen molar-refractivity contribution in [1.29, 1.82) is 0 Å². The van der Waals surface area contributed by atoms with Crippen molar-refractivity contribution >= 4 is 11.9 Å². The lowest BCUT2D eigenvalue weighted by Crippen LogP contribution is -2.46. The molecule has 0 aliphatic rings. The summed E-state index contributed by atoms with van der Waals surface area (Å²) in [5.41, 5.74) is 0. The number of hydrogen-bond donors (Lipinski definition) is 3. The van der Waals surface area contributed by atoms with E-state index < -0.39 is 18.2 Å². The van der Waals surface area contributed by atoms with Crippen LogP contribution in [-0.4, -0.2) is 46.9 Å². The van der Waals surface area contributed by atoms with Crippen LogP contribution in [0.3, 0.4) is 0 Å². The molecule has 0 saturated heterocycles. The van der Waals surface area contributed by atoms with Gasteiger partial charge >= 0.3 is 5.97 Å². The summed E-state index contributed by atoms with van der Waals surface area (Å²) in [7, 11) is 0. The molecule has 6 heteroatoms. The van der Waals surface area contributed by atoms with Gasteiger partial charge in [0.05, 0.1) is 25.2 Å². The van der Waals surface area contributed by atoms with Gasteiger partial charge in [-0.3, -0.25) is 9.59 Å². The van der Waals surface area contributed by atoms with Crippen molar-refractivity contribution in [2.75, 3.05) is 6.61 Å². The standard InChI is InChI=1S/C45H83NO5/c1-4-7-10-13-16-19-20-21-22-23-26-29-32-35-38-45(50)51-41(36-33-30-27-24-17-14-11-8-5-2)39-44(49)46-42(40-47)43(48)37-34-31-28-25-18-15-12-9-6-3/h7,10,16,19,21-22,41-43,47-48H,4-6,8-9,11-15,17-18,20,23-40H2,1-3H3,(H,46,49)/b10-7+,19-16+,22-21+. The summed E-state index contributed by atoms with van der Waals surface area (Å²) < 4.78 is 5.87. The van der Waals surface area contributed by atoms with Gasteiger partial charge in [-0.1, -0.05) is 179 Å². The van der Waals surface area contributed by atoms with Gasteiger partial charge in [-0.05, 0) is 57.8 Å². The topological polar surface area (TPSA) is 95.9 Å². The first kappa shape index (κ1) is 49.1. The first-order valence-electron chi connectivity index (χ1n) is 21.7. The van der Waals surface area contributed by atoms with E-state index >= 15 is 0 Å². The highest BCUT2D eigenvalue weighted by Crippen LogP contribution is 2.17. The number of esters is 1. The number of aliphatic hydroxyl groups excluding tert-OH is 2. The van der Waals surface area contributed by atoms with Crippen LogP contribution in [0.4, 0.5) is 0 Å². The monoisotopic (exact) mass is 718 g/mol. The molecule has 51 heavy (non-hydrogen) atoms. The fraction of sp³-hybridized carbons (Fsp3) is 0.822. The molecule has 0 aromatic carbocycles. The smallest absolute Gasteiger partial charge is 0.306 e. The van der Waals surface area contributed by atoms with Gasteiger partial charge in [-0.25, -0.2) is 0 Å². The Morgan fingerprint density at radius 1 is 0.588 bits per heavy atom. The number of hydrogen-bond acceptors (Lipinski definition) is 5. The second-order valence-corrected chi connectivity index (χ2v) is 14.7. The number of aliphatic hydroxyl groups is 2. The van der Waals surface area contributed by atoms with E-state index in [4.69, 9.17) is 4.74 Å². The molecule has 0 rings (SSSR count). The van der Waals surface area contributed by atoms with Crippen molar-refractivity contribution in [3.8, 4) is 0 Å². The molecule has 0 bridgehead atoms. The Morgan fingerprint density at radius 2 is 1.06 bits per heavy atom. The summed E-state index contributed by atoms with van der Waals surface area (Å²) in [6, 6.07) is -0.699. The van der Waals surface area contributed by atoms with E-state index in [0.717, 1.165) is 83.5 Å². The maximum absolute atomic E-state index is 13.1. The Kier molecular flexibility index (Phi) is 37.8. The molecule has 6 nitrogen and oxygen atoms in total. The average molecular weight is 718 g/mol. The number of amides is 1. The Balaban J connectivity index is 4.58. The average Bonchev–Trinajstić information content (AvgIpc) is 3.12. The van der Waals surface area contributed by atoms with Crippen molar-refractivity contribution in [2.24, 2.45) is 0 Å². The molecule has 3 unspecified atom stereocenters. The van der Waals surface area contributed by atoms with Crippen LogP contribution in [0.2, 0.25) is 0 Å². The lowest BCUT2D eigenvalue weighted by Gasteiger charge is -2.24. The third-order valence-corrected chi connectivity index (χ3v) is 9.73. The molecule has 0 aromatic rings. The van der Waals surface area contributed by atoms with E-state index in [-0.39, 0.29) is 24.9 Å². The molecular formula is C45H83NO5. The van der Waals surface area contributed by atoms with Gasteiger partial charge in [0, 0.05) is 6.42 Å². The molecule has 0 radical (unpaired) electrons. The molecule has 0 heterocycles. The van der Waals surface area contributed by atoms with Crippen molar-refractivity contribution < 1.29 is 24.5 Å². The first-order chi connectivity index (χ1) is 25.0. The molecular weight excluding hydrogens is 634 g/mol. The van der Waals surface area contributed by atoms with E-state index in [1.165, 1.54) is 83.5 Å². The largest absolute Gasteiger partial charge is 0.462 e. The van der Waals surface area contributed by atoms with Crippen LogP contribution in [0.5, 0.6) is 0 Å². The fourth-order valence-electron chi connectivity index (χ4n) is 6.44. The predicted octanol–water partition coefficient (Wildman–Crippen LogP) is 12.2. The van der Waals surface area contributed by atoms with Gasteiger partial charge in [0.1, 0.15) is 6.10 Å². The number of ether oxygens (including phenoxy) is 1. The van der Waals surface area contributed by atoms with Crippen molar-refractivity contribution in [3.63, 3.8) is 0 Å². The van der Waals surface area contributed by atoms with Crippen LogP contribution in [0.15, 0.2) is 36.5 Å². The summed E-state index contributed by atoms with van der Waals surface area (Å²) in [4.78, 5) is 25.9. The van der Waals surface area contributed by atoms with Crippen molar-refractivity contribution in [1.82, 2.24) is 5.32 Å². The minimum atomic E-state index is -0.785. The van der Waals surface area contributed by atoms with E-state index in [0.29, 0.717) is 19.3 Å². The highest BCUT2D eigenvalue weighted by molar-refractivity contribution is 5.77. The summed E-state index contributed by atoms with van der Waals surface area (Å²) in [6.45, 7) is 6.31. The Morgan fingerprint density at radius 3 is 1.61 bits per heavy atom. The minimum absolute atomic E-state index is 0.0704. The fourth-order valence-corrected chi connectivity index (χ4v) is 6.44. The molecule has 0 aliphatic heterocycles. The second-order valence-electron chi connectivity index (χ2n) is 14.7. The highest BCUT2D eigenvalue weighted by atomic mass is 16.5. The van der Waals surface area contributed by atoms with Gasteiger partial charge in [-0.15, -0.1) is 0 Å². The Bertz CT molecular complexity index is 854. The van der Waals surface area contributed by atoms with Gasteiger partial charge < -0.3 is 20.3 Å². The highest BCUT2D eigenvalue weighted by Gasteiger charge is 2.24.